The number of nitrogens with one attached hydrogen (secondary N) is 1. The van der Waals surface area contributed by atoms with Crippen LogP contribution in [0.1, 0.15) is 20.3 Å². The van der Waals surface area contributed by atoms with Gasteiger partial charge in [0.25, 0.3) is 0 Å². The van der Waals surface area contributed by atoms with E-state index in [0.717, 1.165) is 0 Å². The zero-order valence-corrected chi connectivity index (χ0v) is 15.6. The molecule has 1 amide bonds. The Labute approximate surface area is 143 Å². The van der Waals surface area contributed by atoms with Crippen molar-refractivity contribution in [3.05, 3.63) is 12.4 Å². The van der Waals surface area contributed by atoms with Crippen LogP contribution in [0.25, 0.3) is 0 Å². The lowest BCUT2D eigenvalue weighted by Gasteiger charge is -2.41. The van der Waals surface area contributed by atoms with E-state index in [1.54, 1.807) is 10.9 Å². The van der Waals surface area contributed by atoms with Gasteiger partial charge < -0.3 is 10.2 Å². The first-order valence-corrected chi connectivity index (χ1v) is 9.63. The molecule has 0 aliphatic carbocycles. The first kappa shape index (κ1) is 18.9. The molecule has 1 aliphatic rings. The smallest absolute Gasteiger partial charge is 0.246 e. The van der Waals surface area contributed by atoms with Crippen molar-refractivity contribution < 1.29 is 13.2 Å². The number of piperidine rings is 1. The number of carbonyl (C=O) groups excluding carboxylic acids is 1. The van der Waals surface area contributed by atoms with Crippen molar-refractivity contribution in [2.75, 3.05) is 33.7 Å². The molecular weight excluding hydrogens is 330 g/mol. The van der Waals surface area contributed by atoms with Crippen LogP contribution in [0.4, 0.5) is 0 Å². The third kappa shape index (κ3) is 4.14. The Balaban J connectivity index is 2.14. The maximum atomic E-state index is 12.8. The molecular formula is C15H27N5O3S. The molecule has 0 radical (unpaired) electrons. The highest BCUT2D eigenvalue weighted by molar-refractivity contribution is 7.89. The molecule has 1 fully saturated rings. The Hall–Kier alpha value is -1.45. The topological polar surface area (TPSA) is 87.5 Å². The van der Waals surface area contributed by atoms with Crippen LogP contribution in [-0.2, 0) is 21.4 Å². The SMILES string of the molecule is CCn1cc(S(=O)(=O)N2CC[C@H](CNC(C)=O)[C@H](N(C)C)C2)cn1. The van der Waals surface area contributed by atoms with Gasteiger partial charge in [-0.05, 0) is 33.4 Å². The van der Waals surface area contributed by atoms with Gasteiger partial charge in [-0.15, -0.1) is 0 Å². The lowest BCUT2D eigenvalue weighted by Crippen LogP contribution is -2.54. The maximum Gasteiger partial charge on any atom is 0.246 e. The highest BCUT2D eigenvalue weighted by Gasteiger charge is 2.37. The van der Waals surface area contributed by atoms with Crippen molar-refractivity contribution in [2.45, 2.75) is 37.8 Å². The van der Waals surface area contributed by atoms with Crippen molar-refractivity contribution in [3.8, 4) is 0 Å². The molecule has 0 aromatic carbocycles. The van der Waals surface area contributed by atoms with Gasteiger partial charge in [-0.2, -0.15) is 9.40 Å². The van der Waals surface area contributed by atoms with Gasteiger partial charge in [-0.3, -0.25) is 9.48 Å². The Morgan fingerprint density at radius 1 is 1.46 bits per heavy atom. The van der Waals surface area contributed by atoms with E-state index < -0.39 is 10.0 Å². The van der Waals surface area contributed by atoms with E-state index in [1.807, 2.05) is 25.9 Å². The molecule has 0 spiro atoms. The Morgan fingerprint density at radius 3 is 2.71 bits per heavy atom. The lowest BCUT2D eigenvalue weighted by molar-refractivity contribution is -0.119. The van der Waals surface area contributed by atoms with Gasteiger partial charge in [0.2, 0.25) is 15.9 Å². The summed E-state index contributed by atoms with van der Waals surface area (Å²) in [6.45, 7) is 5.48. The first-order valence-electron chi connectivity index (χ1n) is 8.19. The summed E-state index contributed by atoms with van der Waals surface area (Å²) >= 11 is 0. The van der Waals surface area contributed by atoms with E-state index in [1.165, 1.54) is 17.4 Å². The molecule has 1 aromatic rings. The molecule has 0 bridgehead atoms. The number of amides is 1. The monoisotopic (exact) mass is 357 g/mol. The summed E-state index contributed by atoms with van der Waals surface area (Å²) in [5.74, 6) is 0.170. The number of hydrogen-bond acceptors (Lipinski definition) is 5. The van der Waals surface area contributed by atoms with E-state index in [9.17, 15) is 13.2 Å². The predicted molar refractivity (Wildman–Crippen MR) is 90.9 cm³/mol. The molecule has 2 atom stereocenters. The fraction of sp³-hybridized carbons (Fsp3) is 0.733. The van der Waals surface area contributed by atoms with Crippen molar-refractivity contribution in [1.29, 1.82) is 0 Å². The van der Waals surface area contributed by atoms with Crippen LogP contribution >= 0.6 is 0 Å². The molecule has 0 unspecified atom stereocenters. The molecule has 2 rings (SSSR count). The number of aryl methyl sites for hydroxylation is 1. The molecule has 1 aromatic heterocycles. The fourth-order valence-corrected chi connectivity index (χ4v) is 4.50. The van der Waals surface area contributed by atoms with Gasteiger partial charge in [0.1, 0.15) is 4.90 Å². The van der Waals surface area contributed by atoms with E-state index in [-0.39, 0.29) is 22.8 Å². The number of sulfonamides is 1. The van der Waals surface area contributed by atoms with E-state index in [0.29, 0.717) is 32.6 Å². The summed E-state index contributed by atoms with van der Waals surface area (Å²) in [4.78, 5) is 13.4. The van der Waals surface area contributed by atoms with Crippen LogP contribution in [0.2, 0.25) is 0 Å². The molecule has 9 heteroatoms. The predicted octanol–water partition coefficient (Wildman–Crippen LogP) is -0.0201. The summed E-state index contributed by atoms with van der Waals surface area (Å²) in [7, 11) is 0.346. The summed E-state index contributed by atoms with van der Waals surface area (Å²) in [6.07, 6.45) is 3.69. The van der Waals surface area contributed by atoms with Crippen LogP contribution in [0.3, 0.4) is 0 Å². The molecule has 136 valence electrons. The van der Waals surface area contributed by atoms with Gasteiger partial charge >= 0.3 is 0 Å². The Morgan fingerprint density at radius 2 is 2.17 bits per heavy atom. The number of likely N-dealkylation sites (N-methyl/N-ethyl adjacent to an activating group) is 1. The Kier molecular flexibility index (Phi) is 6.00. The van der Waals surface area contributed by atoms with Crippen molar-refractivity contribution in [1.82, 2.24) is 24.3 Å². The minimum Gasteiger partial charge on any atom is -0.356 e. The molecule has 0 saturated carbocycles. The number of nitrogens with zero attached hydrogens (tertiary/aromatic N) is 4. The zero-order valence-electron chi connectivity index (χ0n) is 14.8. The van der Waals surface area contributed by atoms with E-state index in [4.69, 9.17) is 0 Å². The second-order valence-corrected chi connectivity index (χ2v) is 8.35. The van der Waals surface area contributed by atoms with Crippen LogP contribution in [0.5, 0.6) is 0 Å². The quantitative estimate of drug-likeness (QED) is 0.773. The fourth-order valence-electron chi connectivity index (χ4n) is 3.07. The van der Waals surface area contributed by atoms with Gasteiger partial charge in [0, 0.05) is 45.3 Å². The summed E-state index contributed by atoms with van der Waals surface area (Å²) in [6, 6.07) is 0.0570. The van der Waals surface area contributed by atoms with Gasteiger partial charge in [-0.25, -0.2) is 8.42 Å². The molecule has 2 heterocycles. The van der Waals surface area contributed by atoms with Crippen LogP contribution in [0, 0.1) is 5.92 Å². The molecule has 8 nitrogen and oxygen atoms in total. The zero-order chi connectivity index (χ0) is 17.9. The van der Waals surface area contributed by atoms with E-state index >= 15 is 0 Å². The average molecular weight is 357 g/mol. The minimum atomic E-state index is -3.54. The third-order valence-corrected chi connectivity index (χ3v) is 6.35. The Bertz CT molecular complexity index is 670. The van der Waals surface area contributed by atoms with Crippen LogP contribution in [0.15, 0.2) is 17.3 Å². The second kappa shape index (κ2) is 7.62. The minimum absolute atomic E-state index is 0.0570. The lowest BCUT2D eigenvalue weighted by atomic mass is 9.92. The summed E-state index contributed by atoms with van der Waals surface area (Å²) < 4.78 is 28.8. The highest BCUT2D eigenvalue weighted by Crippen LogP contribution is 2.25. The molecule has 1 saturated heterocycles. The normalized spacial score (nSPS) is 22.7. The first-order chi connectivity index (χ1) is 11.3. The van der Waals surface area contributed by atoms with Gasteiger partial charge in [-0.1, -0.05) is 0 Å². The van der Waals surface area contributed by atoms with Gasteiger partial charge in [0.05, 0.1) is 6.20 Å². The standard InChI is InChI=1S/C15H27N5O3S/c1-5-19-10-14(9-17-19)24(22,23)20-7-6-13(8-16-12(2)21)15(11-20)18(3)4/h9-10,13,15H,5-8,11H2,1-4H3,(H,16,21)/t13-,15-/m1/s1. The number of rotatable bonds is 6. The van der Waals surface area contributed by atoms with Crippen LogP contribution in [-0.4, -0.2) is 73.1 Å². The summed E-state index contributed by atoms with van der Waals surface area (Å²) in [5, 5.41) is 6.92. The van der Waals surface area contributed by atoms with Crippen molar-refractivity contribution >= 4 is 15.9 Å². The van der Waals surface area contributed by atoms with Gasteiger partial charge in [0.15, 0.2) is 0 Å². The van der Waals surface area contributed by atoms with Crippen LogP contribution < -0.4 is 5.32 Å². The largest absolute Gasteiger partial charge is 0.356 e. The molecule has 24 heavy (non-hydrogen) atoms. The van der Waals surface area contributed by atoms with Crippen molar-refractivity contribution in [2.24, 2.45) is 5.92 Å². The number of hydrogen-bond donors (Lipinski definition) is 1. The number of aromatic nitrogens is 2. The van der Waals surface area contributed by atoms with Crippen molar-refractivity contribution in [3.63, 3.8) is 0 Å². The van der Waals surface area contributed by atoms with E-state index in [2.05, 4.69) is 10.4 Å². The summed E-state index contributed by atoms with van der Waals surface area (Å²) in [5.41, 5.74) is 0. The molecule has 1 N–H and O–H groups in total. The average Bonchev–Trinajstić information content (AvgIpc) is 3.02. The third-order valence-electron chi connectivity index (χ3n) is 4.53. The maximum absolute atomic E-state index is 12.8. The number of carbonyl (C=O) groups is 1. The second-order valence-electron chi connectivity index (χ2n) is 6.41. The highest BCUT2D eigenvalue weighted by atomic mass is 32.2. The molecule has 1 aliphatic heterocycles.